The molecular formula is C14H16O2. The van der Waals surface area contributed by atoms with Crippen molar-refractivity contribution in [2.24, 2.45) is 5.92 Å². The highest BCUT2D eigenvalue weighted by Crippen LogP contribution is 2.36. The molecule has 1 saturated heterocycles. The van der Waals surface area contributed by atoms with E-state index in [0.717, 1.165) is 13.0 Å². The number of rotatable bonds is 4. The van der Waals surface area contributed by atoms with Crippen LogP contribution in [0.1, 0.15) is 12.0 Å². The molecule has 16 heavy (non-hydrogen) atoms. The maximum Gasteiger partial charge on any atom is 0.103 e. The van der Waals surface area contributed by atoms with E-state index < -0.39 is 0 Å². The Kier molecular flexibility index (Phi) is 2.77. The van der Waals surface area contributed by atoms with Crippen molar-refractivity contribution >= 4 is 0 Å². The van der Waals surface area contributed by atoms with E-state index in [0.29, 0.717) is 24.7 Å². The van der Waals surface area contributed by atoms with Crippen LogP contribution in [0.5, 0.6) is 0 Å². The van der Waals surface area contributed by atoms with Gasteiger partial charge in [-0.15, -0.1) is 0 Å². The van der Waals surface area contributed by atoms with E-state index in [2.05, 4.69) is 24.3 Å². The third-order valence-corrected chi connectivity index (χ3v) is 3.23. The van der Waals surface area contributed by atoms with Crippen molar-refractivity contribution in [1.82, 2.24) is 0 Å². The van der Waals surface area contributed by atoms with Crippen molar-refractivity contribution in [3.8, 4) is 0 Å². The summed E-state index contributed by atoms with van der Waals surface area (Å²) in [4.78, 5) is 0. The zero-order valence-corrected chi connectivity index (χ0v) is 9.21. The first-order chi connectivity index (χ1) is 7.93. The van der Waals surface area contributed by atoms with E-state index in [1.54, 1.807) is 0 Å². The van der Waals surface area contributed by atoms with Gasteiger partial charge in [0.05, 0.1) is 19.3 Å². The van der Waals surface area contributed by atoms with E-state index in [1.165, 1.54) is 5.56 Å². The van der Waals surface area contributed by atoms with Crippen molar-refractivity contribution in [1.29, 1.82) is 0 Å². The van der Waals surface area contributed by atoms with Crippen molar-refractivity contribution < 1.29 is 9.47 Å². The van der Waals surface area contributed by atoms with Gasteiger partial charge in [0.15, 0.2) is 0 Å². The zero-order chi connectivity index (χ0) is 10.8. The third kappa shape index (κ3) is 2.18. The second kappa shape index (κ2) is 4.40. The van der Waals surface area contributed by atoms with Crippen LogP contribution in [0.2, 0.25) is 0 Å². The fourth-order valence-corrected chi connectivity index (χ4v) is 2.26. The van der Waals surface area contributed by atoms with E-state index in [4.69, 9.17) is 9.47 Å². The van der Waals surface area contributed by atoms with Crippen LogP contribution in [0.4, 0.5) is 0 Å². The number of epoxide rings is 1. The maximum atomic E-state index is 5.74. The molecule has 0 unspecified atom stereocenters. The lowest BCUT2D eigenvalue weighted by molar-refractivity contribution is 0.0773. The highest BCUT2D eigenvalue weighted by atomic mass is 16.6. The van der Waals surface area contributed by atoms with Crippen molar-refractivity contribution in [2.75, 3.05) is 6.61 Å². The number of hydrogen-bond acceptors (Lipinski definition) is 2. The molecule has 0 saturated carbocycles. The molecule has 1 aromatic rings. The van der Waals surface area contributed by atoms with Gasteiger partial charge in [-0.2, -0.15) is 0 Å². The maximum absolute atomic E-state index is 5.74. The van der Waals surface area contributed by atoms with Crippen LogP contribution in [0, 0.1) is 5.92 Å². The van der Waals surface area contributed by atoms with Crippen molar-refractivity contribution in [3.05, 3.63) is 48.0 Å². The smallest absolute Gasteiger partial charge is 0.103 e. The quantitative estimate of drug-likeness (QED) is 0.570. The van der Waals surface area contributed by atoms with Crippen LogP contribution >= 0.6 is 0 Å². The van der Waals surface area contributed by atoms with Crippen LogP contribution in [0.25, 0.3) is 0 Å². The first kappa shape index (κ1) is 10.1. The number of ether oxygens (including phenoxy) is 2. The lowest BCUT2D eigenvalue weighted by atomic mass is 9.95. The van der Waals surface area contributed by atoms with Gasteiger partial charge in [-0.3, -0.25) is 0 Å². The Labute approximate surface area is 95.9 Å². The van der Waals surface area contributed by atoms with Gasteiger partial charge in [-0.25, -0.2) is 0 Å². The molecule has 1 aliphatic carbocycles. The Morgan fingerprint density at radius 2 is 2.12 bits per heavy atom. The Bertz CT molecular complexity index is 372. The Morgan fingerprint density at radius 3 is 3.00 bits per heavy atom. The summed E-state index contributed by atoms with van der Waals surface area (Å²) >= 11 is 0. The van der Waals surface area contributed by atoms with E-state index in [1.807, 2.05) is 18.2 Å². The Hall–Kier alpha value is -1.12. The first-order valence-corrected chi connectivity index (χ1v) is 5.87. The second-order valence-electron chi connectivity index (χ2n) is 4.49. The van der Waals surface area contributed by atoms with E-state index >= 15 is 0 Å². The van der Waals surface area contributed by atoms with Crippen LogP contribution < -0.4 is 0 Å². The molecule has 1 aliphatic heterocycles. The SMILES string of the molecule is C1=C[C@@H]2O[C@@H]2[C@@H](COCc2ccccc2)C1. The average Bonchev–Trinajstić information content (AvgIpc) is 3.10. The molecule has 0 N–H and O–H groups in total. The summed E-state index contributed by atoms with van der Waals surface area (Å²) in [5.74, 6) is 0.554. The average molecular weight is 216 g/mol. The number of benzene rings is 1. The summed E-state index contributed by atoms with van der Waals surface area (Å²) in [6.45, 7) is 1.51. The van der Waals surface area contributed by atoms with Gasteiger partial charge in [0, 0.05) is 5.92 Å². The lowest BCUT2D eigenvalue weighted by Crippen LogP contribution is -2.18. The third-order valence-electron chi connectivity index (χ3n) is 3.23. The summed E-state index contributed by atoms with van der Waals surface area (Å²) in [5.41, 5.74) is 1.24. The van der Waals surface area contributed by atoms with Crippen LogP contribution in [0.15, 0.2) is 42.5 Å². The molecule has 1 heterocycles. The second-order valence-corrected chi connectivity index (χ2v) is 4.49. The highest BCUT2D eigenvalue weighted by molar-refractivity contribution is 5.14. The molecule has 1 aromatic carbocycles. The van der Waals surface area contributed by atoms with Crippen LogP contribution in [-0.2, 0) is 16.1 Å². The molecule has 1 fully saturated rings. The minimum Gasteiger partial charge on any atom is -0.376 e. The Morgan fingerprint density at radius 1 is 1.25 bits per heavy atom. The van der Waals surface area contributed by atoms with Gasteiger partial charge in [-0.05, 0) is 12.0 Å². The Balaban J connectivity index is 1.45. The number of fused-ring (bicyclic) bond motifs is 1. The van der Waals surface area contributed by atoms with Crippen LogP contribution in [-0.4, -0.2) is 18.8 Å². The van der Waals surface area contributed by atoms with Gasteiger partial charge < -0.3 is 9.47 Å². The molecule has 0 radical (unpaired) electrons. The van der Waals surface area contributed by atoms with Gasteiger partial charge in [0.2, 0.25) is 0 Å². The molecule has 3 rings (SSSR count). The first-order valence-electron chi connectivity index (χ1n) is 5.87. The minimum absolute atomic E-state index is 0.388. The normalized spacial score (nSPS) is 31.1. The predicted molar refractivity (Wildman–Crippen MR) is 62.0 cm³/mol. The molecule has 3 atom stereocenters. The molecule has 0 amide bonds. The van der Waals surface area contributed by atoms with E-state index in [9.17, 15) is 0 Å². The monoisotopic (exact) mass is 216 g/mol. The van der Waals surface area contributed by atoms with Crippen LogP contribution in [0.3, 0.4) is 0 Å². The van der Waals surface area contributed by atoms with E-state index in [-0.39, 0.29) is 0 Å². The molecule has 0 bridgehead atoms. The summed E-state index contributed by atoms with van der Waals surface area (Å²) < 4.78 is 11.3. The standard InChI is InChI=1S/C14H16O2/c1-2-5-11(6-3-1)9-15-10-12-7-4-8-13-14(12)16-13/h1-6,8,12-14H,7,9-10H2/t12-,13+,14-/m1/s1. The van der Waals surface area contributed by atoms with Crippen molar-refractivity contribution in [3.63, 3.8) is 0 Å². The molecular weight excluding hydrogens is 200 g/mol. The summed E-state index contributed by atoms with van der Waals surface area (Å²) in [7, 11) is 0. The number of hydrogen-bond donors (Lipinski definition) is 0. The molecule has 2 heteroatoms. The molecule has 0 aromatic heterocycles. The summed E-state index contributed by atoms with van der Waals surface area (Å²) in [6, 6.07) is 10.3. The molecule has 2 nitrogen and oxygen atoms in total. The molecule has 2 aliphatic rings. The summed E-state index contributed by atoms with van der Waals surface area (Å²) in [6.07, 6.45) is 6.29. The van der Waals surface area contributed by atoms with Gasteiger partial charge in [0.1, 0.15) is 6.10 Å². The van der Waals surface area contributed by atoms with Gasteiger partial charge >= 0.3 is 0 Å². The molecule has 84 valence electrons. The lowest BCUT2D eigenvalue weighted by Gasteiger charge is -2.14. The highest BCUT2D eigenvalue weighted by Gasteiger charge is 2.44. The zero-order valence-electron chi connectivity index (χ0n) is 9.21. The largest absolute Gasteiger partial charge is 0.376 e. The topological polar surface area (TPSA) is 21.8 Å². The van der Waals surface area contributed by atoms with Crippen molar-refractivity contribution in [2.45, 2.75) is 25.2 Å². The molecule has 0 spiro atoms. The predicted octanol–water partition coefficient (Wildman–Crippen LogP) is 2.55. The fraction of sp³-hybridized carbons (Fsp3) is 0.429. The van der Waals surface area contributed by atoms with Gasteiger partial charge in [0.25, 0.3) is 0 Å². The summed E-state index contributed by atoms with van der Waals surface area (Å²) in [5, 5.41) is 0. The minimum atomic E-state index is 0.388. The fourth-order valence-electron chi connectivity index (χ4n) is 2.26. The number of allylic oxidation sites excluding steroid dienone is 1. The van der Waals surface area contributed by atoms with Gasteiger partial charge in [-0.1, -0.05) is 42.5 Å².